The van der Waals surface area contributed by atoms with Gasteiger partial charge < -0.3 is 14.2 Å². The van der Waals surface area contributed by atoms with Crippen LogP contribution in [0.3, 0.4) is 0 Å². The predicted molar refractivity (Wildman–Crippen MR) is 131 cm³/mol. The van der Waals surface area contributed by atoms with Gasteiger partial charge >= 0.3 is 7.60 Å². The highest BCUT2D eigenvalue weighted by molar-refractivity contribution is 7.54. The van der Waals surface area contributed by atoms with Crippen molar-refractivity contribution in [2.75, 3.05) is 0 Å². The molecule has 188 valence electrons. The Labute approximate surface area is 200 Å². The number of benzene rings is 1. The molecule has 33 heavy (non-hydrogen) atoms. The molecule has 1 aromatic carbocycles. The van der Waals surface area contributed by atoms with Crippen LogP contribution in [0, 0.1) is 41.3 Å². The monoisotopic (exact) mass is 482 g/mol. The van der Waals surface area contributed by atoms with E-state index in [9.17, 15) is 14.1 Å². The molecule has 2 saturated carbocycles. The van der Waals surface area contributed by atoms with Crippen LogP contribution in [0.1, 0.15) is 91.5 Å². The molecule has 1 N–H and O–H groups in total. The molecule has 2 fully saturated rings. The maximum Gasteiger partial charge on any atom is 0.364 e. The Morgan fingerprint density at radius 1 is 0.879 bits per heavy atom. The first kappa shape index (κ1) is 26.9. The topological polar surface area (TPSA) is 55.8 Å². The summed E-state index contributed by atoms with van der Waals surface area (Å²) in [6, 6.07) is 5.97. The van der Waals surface area contributed by atoms with E-state index in [2.05, 4.69) is 41.5 Å². The first-order chi connectivity index (χ1) is 15.5. The van der Waals surface area contributed by atoms with E-state index in [1.807, 2.05) is 0 Å². The summed E-state index contributed by atoms with van der Waals surface area (Å²) in [4.78, 5) is 0. The Morgan fingerprint density at radius 3 is 1.76 bits per heavy atom. The quantitative estimate of drug-likeness (QED) is 0.382. The second kappa shape index (κ2) is 11.3. The lowest BCUT2D eigenvalue weighted by Gasteiger charge is -2.42. The summed E-state index contributed by atoms with van der Waals surface area (Å²) >= 11 is 0. The lowest BCUT2D eigenvalue weighted by Crippen LogP contribution is -2.37. The number of hydrogen-bond donors (Lipinski definition) is 1. The standard InChI is InChI=1S/C27H44FO4P/c1-17(2)21-13-11-19(5)15-25(21)31-33(30,27(29)23-9-7-8-10-24(23)28)32-26-16-20(6)12-14-22(26)18(3)4/h7-10,17-22,25-27,29H,11-16H2,1-6H3/t19-,20-,21+,22+,25-,26+,27+,33?/m0/s1. The highest BCUT2D eigenvalue weighted by Crippen LogP contribution is 2.64. The maximum atomic E-state index is 14.7. The van der Waals surface area contributed by atoms with E-state index in [-0.39, 0.29) is 29.6 Å². The Hall–Kier alpha value is -0.740. The zero-order valence-electron chi connectivity index (χ0n) is 21.2. The van der Waals surface area contributed by atoms with Crippen molar-refractivity contribution >= 4 is 7.60 Å². The van der Waals surface area contributed by atoms with E-state index in [1.54, 1.807) is 12.1 Å². The van der Waals surface area contributed by atoms with E-state index in [0.29, 0.717) is 23.7 Å². The normalized spacial score (nSPS) is 33.8. The average molecular weight is 483 g/mol. The number of hydrogen-bond acceptors (Lipinski definition) is 4. The fourth-order valence-electron chi connectivity index (χ4n) is 5.84. The van der Waals surface area contributed by atoms with Crippen molar-refractivity contribution in [3.63, 3.8) is 0 Å². The van der Waals surface area contributed by atoms with Crippen LogP contribution < -0.4 is 0 Å². The fourth-order valence-corrected chi connectivity index (χ4v) is 7.91. The predicted octanol–water partition coefficient (Wildman–Crippen LogP) is 7.96. The van der Waals surface area contributed by atoms with Gasteiger partial charge in [-0.2, -0.15) is 0 Å². The fraction of sp³-hybridized carbons (Fsp3) is 0.778. The molecule has 0 aromatic heterocycles. The molecule has 0 bridgehead atoms. The number of rotatable bonds is 8. The van der Waals surface area contributed by atoms with Gasteiger partial charge in [-0.3, -0.25) is 4.57 Å². The van der Waals surface area contributed by atoms with Crippen molar-refractivity contribution in [3.8, 4) is 0 Å². The second-order valence-corrected chi connectivity index (χ2v) is 13.4. The summed E-state index contributed by atoms with van der Waals surface area (Å²) in [5, 5.41) is 11.3. The maximum absolute atomic E-state index is 14.7. The number of halogens is 1. The van der Waals surface area contributed by atoms with Gasteiger partial charge in [-0.05, 0) is 67.3 Å². The molecule has 0 heterocycles. The third kappa shape index (κ3) is 6.48. The molecular weight excluding hydrogens is 438 g/mol. The van der Waals surface area contributed by atoms with Crippen molar-refractivity contribution in [3.05, 3.63) is 35.6 Å². The Balaban J connectivity index is 1.96. The number of aliphatic hydroxyl groups is 1. The molecule has 3 rings (SSSR count). The van der Waals surface area contributed by atoms with Crippen LogP contribution >= 0.6 is 7.60 Å². The molecule has 1 aromatic rings. The minimum Gasteiger partial charge on any atom is -0.376 e. The molecule has 8 atom stereocenters. The van der Waals surface area contributed by atoms with Gasteiger partial charge in [0, 0.05) is 5.56 Å². The SMILES string of the molecule is CC(C)[C@H]1CC[C@H](C)C[C@@H]1OP(=O)(O[C@@H]1C[C@@H](C)CC[C@@H]1C(C)C)[C@@H](O)c1ccccc1F. The van der Waals surface area contributed by atoms with Gasteiger partial charge in [0.1, 0.15) is 5.82 Å². The molecule has 0 radical (unpaired) electrons. The molecule has 0 saturated heterocycles. The second-order valence-electron chi connectivity index (χ2n) is 11.4. The zero-order valence-corrected chi connectivity index (χ0v) is 22.1. The molecule has 0 aliphatic heterocycles. The van der Waals surface area contributed by atoms with E-state index < -0.39 is 19.3 Å². The van der Waals surface area contributed by atoms with Crippen LogP contribution in [0.4, 0.5) is 4.39 Å². The third-order valence-electron chi connectivity index (χ3n) is 7.97. The van der Waals surface area contributed by atoms with Gasteiger partial charge in [0.2, 0.25) is 0 Å². The molecule has 0 amide bonds. The van der Waals surface area contributed by atoms with Crippen molar-refractivity contribution in [1.29, 1.82) is 0 Å². The summed E-state index contributed by atoms with van der Waals surface area (Å²) in [5.74, 6) is -0.154. The molecule has 0 spiro atoms. The molecule has 6 heteroatoms. The van der Waals surface area contributed by atoms with Crippen LogP contribution in [0.15, 0.2) is 24.3 Å². The first-order valence-electron chi connectivity index (χ1n) is 12.9. The Kier molecular flexibility index (Phi) is 9.22. The van der Waals surface area contributed by atoms with Gasteiger partial charge in [-0.15, -0.1) is 0 Å². The molecule has 1 unspecified atom stereocenters. The van der Waals surface area contributed by atoms with Crippen LogP contribution in [0.5, 0.6) is 0 Å². The first-order valence-corrected chi connectivity index (χ1v) is 14.5. The van der Waals surface area contributed by atoms with Crippen molar-refractivity contribution in [2.24, 2.45) is 35.5 Å². The van der Waals surface area contributed by atoms with Gasteiger partial charge in [0.25, 0.3) is 0 Å². The molecule has 4 nitrogen and oxygen atoms in total. The smallest absolute Gasteiger partial charge is 0.364 e. The van der Waals surface area contributed by atoms with Gasteiger partial charge in [-0.25, -0.2) is 4.39 Å². The van der Waals surface area contributed by atoms with Crippen LogP contribution in [0.2, 0.25) is 0 Å². The summed E-state index contributed by atoms with van der Waals surface area (Å²) in [6.07, 6.45) is 5.20. The average Bonchev–Trinajstić information content (AvgIpc) is 2.73. The van der Waals surface area contributed by atoms with Crippen molar-refractivity contribution < 1.29 is 23.1 Å². The van der Waals surface area contributed by atoms with Crippen LogP contribution in [-0.2, 0) is 13.6 Å². The minimum absolute atomic E-state index is 0.0178. The van der Waals surface area contributed by atoms with E-state index in [1.165, 1.54) is 12.1 Å². The summed E-state index contributed by atoms with van der Waals surface area (Å²) in [6.45, 7) is 13.0. The highest BCUT2D eigenvalue weighted by Gasteiger charge is 2.47. The molecule has 2 aliphatic carbocycles. The zero-order chi connectivity index (χ0) is 24.3. The van der Waals surface area contributed by atoms with Gasteiger partial charge in [0.05, 0.1) is 12.2 Å². The van der Waals surface area contributed by atoms with Gasteiger partial charge in [-0.1, -0.05) is 72.6 Å². The summed E-state index contributed by atoms with van der Waals surface area (Å²) in [5.41, 5.74) is -0.0178. The largest absolute Gasteiger partial charge is 0.376 e. The van der Waals surface area contributed by atoms with E-state index in [0.717, 1.165) is 38.5 Å². The Morgan fingerprint density at radius 2 is 1.33 bits per heavy atom. The summed E-state index contributed by atoms with van der Waals surface area (Å²) < 4.78 is 41.9. The van der Waals surface area contributed by atoms with Crippen molar-refractivity contribution in [1.82, 2.24) is 0 Å². The van der Waals surface area contributed by atoms with Crippen molar-refractivity contribution in [2.45, 2.75) is 98.1 Å². The minimum atomic E-state index is -4.09. The van der Waals surface area contributed by atoms with Crippen LogP contribution in [-0.4, -0.2) is 17.3 Å². The molecular formula is C27H44FO4P. The lowest BCUT2D eigenvalue weighted by molar-refractivity contribution is -0.0156. The lowest BCUT2D eigenvalue weighted by atomic mass is 9.75. The molecule has 2 aliphatic rings. The Bertz CT molecular complexity index is 775. The van der Waals surface area contributed by atoms with Gasteiger partial charge in [0.15, 0.2) is 5.85 Å². The van der Waals surface area contributed by atoms with E-state index in [4.69, 9.17) is 9.05 Å². The van der Waals surface area contributed by atoms with E-state index >= 15 is 0 Å². The highest BCUT2D eigenvalue weighted by atomic mass is 31.2. The number of aliphatic hydroxyl groups excluding tert-OH is 1. The van der Waals surface area contributed by atoms with Crippen LogP contribution in [0.25, 0.3) is 0 Å². The third-order valence-corrected chi connectivity index (χ3v) is 9.98. The summed E-state index contributed by atoms with van der Waals surface area (Å²) in [7, 11) is -4.09.